The van der Waals surface area contributed by atoms with Gasteiger partial charge >= 0.3 is 0 Å². The molecule has 0 aliphatic heterocycles. The first-order valence-electron chi connectivity index (χ1n) is 6.74. The Bertz CT molecular complexity index is 952. The van der Waals surface area contributed by atoms with Crippen LogP contribution in [0.5, 0.6) is 0 Å². The largest absolute Gasteiger partial charge is 0.353 e. The fourth-order valence-corrected chi connectivity index (χ4v) is 5.30. The lowest BCUT2D eigenvalue weighted by molar-refractivity contribution is 0.594. The smallest absolute Gasteiger partial charge is 0.285 e. The van der Waals surface area contributed by atoms with Gasteiger partial charge in [0.2, 0.25) is 9.60 Å². The molecular formula is C13H17N5O2S4. The molecule has 7 nitrogen and oxygen atoms in total. The van der Waals surface area contributed by atoms with Crippen molar-refractivity contribution in [3.05, 3.63) is 39.9 Å². The molecule has 130 valence electrons. The van der Waals surface area contributed by atoms with Crippen molar-refractivity contribution in [3.8, 4) is 0 Å². The fraction of sp³-hybridized carbons (Fsp3) is 0.308. The minimum atomic E-state index is -3.79. The summed E-state index contributed by atoms with van der Waals surface area (Å²) in [5, 5.41) is 2.11. The molecule has 24 heavy (non-hydrogen) atoms. The molecule has 11 heteroatoms. The molecule has 0 radical (unpaired) electrons. The van der Waals surface area contributed by atoms with E-state index >= 15 is 0 Å². The van der Waals surface area contributed by atoms with Crippen molar-refractivity contribution in [1.82, 2.24) is 9.58 Å². The third-order valence-electron chi connectivity index (χ3n) is 2.77. The van der Waals surface area contributed by atoms with Gasteiger partial charge in [0.1, 0.15) is 0 Å². The Kier molecular flexibility index (Phi) is 5.91. The Morgan fingerprint density at radius 3 is 2.21 bits per heavy atom. The number of aromatic nitrogens is 1. The van der Waals surface area contributed by atoms with Gasteiger partial charge in [0, 0.05) is 28.2 Å². The van der Waals surface area contributed by atoms with E-state index < -0.39 is 10.0 Å². The minimum Gasteiger partial charge on any atom is -0.353 e. The highest BCUT2D eigenvalue weighted by molar-refractivity contribution is 7.90. The van der Waals surface area contributed by atoms with Crippen molar-refractivity contribution in [2.75, 3.05) is 33.2 Å². The van der Waals surface area contributed by atoms with Gasteiger partial charge in [-0.1, -0.05) is 18.2 Å². The highest BCUT2D eigenvalue weighted by Gasteiger charge is 2.14. The number of hydrogen-bond acceptors (Lipinski definition) is 6. The molecule has 0 saturated carbocycles. The van der Waals surface area contributed by atoms with E-state index in [9.17, 15) is 8.42 Å². The molecule has 0 fully saturated rings. The molecule has 2 aromatic rings. The molecule has 2 rings (SSSR count). The summed E-state index contributed by atoms with van der Waals surface area (Å²) in [4.78, 5) is 7.09. The molecule has 0 aliphatic carbocycles. The van der Waals surface area contributed by atoms with E-state index in [1.807, 2.05) is 0 Å². The number of benzene rings is 1. The standard InChI is InChI=1S/C13H17N5O2S4/c1-16(2)11(21)14-12-18(17(3)4)13(23-22-12)15-24(19,20)10-8-6-5-7-9-10/h5-9H,1-4H3. The van der Waals surface area contributed by atoms with Crippen LogP contribution in [0.25, 0.3) is 0 Å². The molecule has 1 heterocycles. The second kappa shape index (κ2) is 7.55. The van der Waals surface area contributed by atoms with Gasteiger partial charge in [0.25, 0.3) is 10.0 Å². The third-order valence-corrected chi connectivity index (χ3v) is 6.67. The normalized spacial score (nSPS) is 13.2. The summed E-state index contributed by atoms with van der Waals surface area (Å²) in [5.41, 5.74) is 0. The van der Waals surface area contributed by atoms with Crippen LogP contribution in [0, 0.1) is 0 Å². The van der Waals surface area contributed by atoms with E-state index in [2.05, 4.69) is 9.39 Å². The van der Waals surface area contributed by atoms with E-state index in [4.69, 9.17) is 12.2 Å². The van der Waals surface area contributed by atoms with E-state index in [1.165, 1.54) is 32.8 Å². The molecule has 0 N–H and O–H groups in total. The second-order valence-corrected chi connectivity index (χ2v) is 9.09. The molecule has 0 unspecified atom stereocenters. The van der Waals surface area contributed by atoms with Crippen molar-refractivity contribution in [1.29, 1.82) is 0 Å². The zero-order valence-corrected chi connectivity index (χ0v) is 16.8. The monoisotopic (exact) mass is 403 g/mol. The van der Waals surface area contributed by atoms with Crippen molar-refractivity contribution in [2.24, 2.45) is 9.39 Å². The SMILES string of the molecule is CN(C)C(=S)N=c1ssc(=NS(=O)(=O)c2ccccc2)n1N(C)C. The van der Waals surface area contributed by atoms with Gasteiger partial charge in [-0.25, -0.2) is 4.68 Å². The van der Waals surface area contributed by atoms with E-state index in [1.54, 1.807) is 61.0 Å². The van der Waals surface area contributed by atoms with Crippen molar-refractivity contribution in [3.63, 3.8) is 0 Å². The van der Waals surface area contributed by atoms with Crippen LogP contribution in [0.1, 0.15) is 0 Å². The summed E-state index contributed by atoms with van der Waals surface area (Å²) < 4.78 is 30.5. The summed E-state index contributed by atoms with van der Waals surface area (Å²) in [7, 11) is 5.91. The molecule has 0 atom stereocenters. The maximum atomic E-state index is 12.5. The number of sulfonamides is 1. The van der Waals surface area contributed by atoms with Gasteiger partial charge < -0.3 is 9.91 Å². The van der Waals surface area contributed by atoms with Gasteiger partial charge in [0.15, 0.2) is 5.11 Å². The Morgan fingerprint density at radius 1 is 1.08 bits per heavy atom. The maximum Gasteiger partial charge on any atom is 0.285 e. The van der Waals surface area contributed by atoms with E-state index in [-0.39, 0.29) is 4.90 Å². The first-order valence-corrected chi connectivity index (χ1v) is 10.7. The highest BCUT2D eigenvalue weighted by Crippen LogP contribution is 2.10. The number of nitrogens with zero attached hydrogens (tertiary/aromatic N) is 5. The summed E-state index contributed by atoms with van der Waals surface area (Å²) in [6, 6.07) is 8.11. The van der Waals surface area contributed by atoms with Gasteiger partial charge in [-0.15, -0.1) is 4.40 Å². The van der Waals surface area contributed by atoms with Crippen LogP contribution in [0.3, 0.4) is 0 Å². The van der Waals surface area contributed by atoms with Crippen LogP contribution < -0.4 is 14.6 Å². The Balaban J connectivity index is 2.64. The predicted molar refractivity (Wildman–Crippen MR) is 101 cm³/mol. The molecule has 0 spiro atoms. The molecule has 0 saturated heterocycles. The lowest BCUT2D eigenvalue weighted by Crippen LogP contribution is -2.42. The van der Waals surface area contributed by atoms with Gasteiger partial charge in [-0.05, 0) is 45.0 Å². The van der Waals surface area contributed by atoms with Crippen LogP contribution in [0.15, 0.2) is 44.6 Å². The lowest BCUT2D eigenvalue weighted by Gasteiger charge is -2.14. The maximum absolute atomic E-state index is 12.5. The van der Waals surface area contributed by atoms with Crippen molar-refractivity contribution in [2.45, 2.75) is 4.90 Å². The zero-order chi connectivity index (χ0) is 17.9. The lowest BCUT2D eigenvalue weighted by atomic mass is 10.4. The average molecular weight is 404 g/mol. The number of rotatable bonds is 3. The quantitative estimate of drug-likeness (QED) is 0.561. The summed E-state index contributed by atoms with van der Waals surface area (Å²) >= 11 is 5.19. The Labute approximate surface area is 153 Å². The van der Waals surface area contributed by atoms with Crippen LogP contribution >= 0.6 is 32.9 Å². The number of thiocarbonyl (C=S) groups is 1. The molecule has 0 bridgehead atoms. The topological polar surface area (TPSA) is 70.3 Å². The van der Waals surface area contributed by atoms with Crippen LogP contribution in [0.2, 0.25) is 0 Å². The first-order chi connectivity index (χ1) is 11.2. The summed E-state index contributed by atoms with van der Waals surface area (Å²) in [5.74, 6) is 0. The van der Waals surface area contributed by atoms with Crippen LogP contribution in [0.4, 0.5) is 0 Å². The summed E-state index contributed by atoms with van der Waals surface area (Å²) in [6.07, 6.45) is 0. The molecule has 1 aromatic carbocycles. The number of hydrogen-bond donors (Lipinski definition) is 0. The molecule has 0 aliphatic rings. The van der Waals surface area contributed by atoms with Gasteiger partial charge in [-0.2, -0.15) is 13.4 Å². The van der Waals surface area contributed by atoms with Crippen LogP contribution in [-0.2, 0) is 10.0 Å². The van der Waals surface area contributed by atoms with Crippen molar-refractivity contribution >= 4 is 48.0 Å². The Hall–Kier alpha value is -1.56. The van der Waals surface area contributed by atoms with Gasteiger partial charge in [-0.3, -0.25) is 0 Å². The summed E-state index contributed by atoms with van der Waals surface area (Å²) in [6.45, 7) is 0. The molecule has 0 amide bonds. The van der Waals surface area contributed by atoms with Crippen LogP contribution in [-0.4, -0.2) is 51.3 Å². The van der Waals surface area contributed by atoms with E-state index in [0.29, 0.717) is 14.7 Å². The highest BCUT2D eigenvalue weighted by atomic mass is 32.9. The first kappa shape index (κ1) is 18.8. The van der Waals surface area contributed by atoms with Gasteiger partial charge in [0.05, 0.1) is 4.90 Å². The second-order valence-electron chi connectivity index (χ2n) is 5.06. The van der Waals surface area contributed by atoms with Crippen molar-refractivity contribution < 1.29 is 8.42 Å². The zero-order valence-electron chi connectivity index (χ0n) is 13.6. The predicted octanol–water partition coefficient (Wildman–Crippen LogP) is 0.846. The third kappa shape index (κ3) is 4.29. The molecular weight excluding hydrogens is 386 g/mol. The fourth-order valence-electron chi connectivity index (χ4n) is 1.62. The molecule has 1 aromatic heterocycles. The average Bonchev–Trinajstić information content (AvgIpc) is 2.89. The minimum absolute atomic E-state index is 0.149. The Morgan fingerprint density at radius 2 is 1.67 bits per heavy atom. The van der Waals surface area contributed by atoms with E-state index in [0.717, 1.165) is 0 Å².